The first kappa shape index (κ1) is 8.73. The minimum absolute atomic E-state index is 0.0645. The van der Waals surface area contributed by atoms with Crippen LogP contribution in [0.1, 0.15) is 6.92 Å². The Balaban J connectivity index is 1.97. The van der Waals surface area contributed by atoms with Crippen molar-refractivity contribution in [1.82, 2.24) is 15.3 Å². The fourth-order valence-corrected chi connectivity index (χ4v) is 1.83. The Morgan fingerprint density at radius 2 is 2.33 bits per heavy atom. The molecule has 1 aliphatic rings. The summed E-state index contributed by atoms with van der Waals surface area (Å²) in [5.74, 6) is 0.891. The van der Waals surface area contributed by atoms with E-state index in [1.807, 2.05) is 18.3 Å². The maximum atomic E-state index is 5.96. The van der Waals surface area contributed by atoms with Crippen molar-refractivity contribution in [2.45, 2.75) is 12.5 Å². The number of nitrogens with zero attached hydrogens (tertiary/aromatic N) is 1. The predicted octanol–water partition coefficient (Wildman–Crippen LogP) is 1.30. The molecule has 2 aromatic heterocycles. The minimum Gasteiger partial charge on any atom is -0.483 e. The normalized spacial score (nSPS) is 18.7. The first-order valence-electron chi connectivity index (χ1n) is 5.09. The van der Waals surface area contributed by atoms with Gasteiger partial charge in [-0.2, -0.15) is 0 Å². The molecule has 0 radical (unpaired) electrons. The predicted molar refractivity (Wildman–Crippen MR) is 58.0 cm³/mol. The lowest BCUT2D eigenvalue weighted by Gasteiger charge is -2.39. The topological polar surface area (TPSA) is 49.9 Å². The third-order valence-corrected chi connectivity index (χ3v) is 2.77. The molecule has 0 aromatic carbocycles. The largest absolute Gasteiger partial charge is 0.483 e. The van der Waals surface area contributed by atoms with Crippen LogP contribution >= 0.6 is 0 Å². The van der Waals surface area contributed by atoms with Crippen molar-refractivity contribution in [3.05, 3.63) is 24.5 Å². The fraction of sp³-hybridized carbons (Fsp3) is 0.364. The number of pyridine rings is 1. The molecule has 1 fully saturated rings. The number of nitrogens with one attached hydrogen (secondary N) is 2. The highest BCUT2D eigenvalue weighted by Crippen LogP contribution is 2.28. The Morgan fingerprint density at radius 1 is 1.47 bits per heavy atom. The van der Waals surface area contributed by atoms with Gasteiger partial charge in [-0.05, 0) is 19.1 Å². The van der Waals surface area contributed by atoms with E-state index in [9.17, 15) is 0 Å². The zero-order valence-electron chi connectivity index (χ0n) is 8.58. The summed E-state index contributed by atoms with van der Waals surface area (Å²) in [6, 6.07) is 3.94. The number of hydrogen-bond acceptors (Lipinski definition) is 3. The highest BCUT2D eigenvalue weighted by Gasteiger charge is 2.34. The molecule has 0 aliphatic carbocycles. The summed E-state index contributed by atoms with van der Waals surface area (Å²) in [4.78, 5) is 7.33. The number of rotatable bonds is 2. The molecule has 0 unspecified atom stereocenters. The molecule has 2 N–H and O–H groups in total. The number of hydrogen-bond donors (Lipinski definition) is 2. The Kier molecular flexibility index (Phi) is 1.73. The molecule has 0 bridgehead atoms. The lowest BCUT2D eigenvalue weighted by Crippen LogP contribution is -2.60. The van der Waals surface area contributed by atoms with E-state index in [1.54, 1.807) is 6.20 Å². The van der Waals surface area contributed by atoms with Crippen molar-refractivity contribution < 1.29 is 4.74 Å². The third-order valence-electron chi connectivity index (χ3n) is 2.77. The molecule has 0 spiro atoms. The number of ether oxygens (including phenoxy) is 1. The van der Waals surface area contributed by atoms with Gasteiger partial charge in [0.15, 0.2) is 0 Å². The molecule has 1 aliphatic heterocycles. The van der Waals surface area contributed by atoms with Crippen molar-refractivity contribution in [3.8, 4) is 5.75 Å². The molecule has 3 rings (SSSR count). The van der Waals surface area contributed by atoms with E-state index in [0.29, 0.717) is 0 Å². The SMILES string of the molecule is CC1(Oc2c[nH]c3ncccc23)CNC1. The van der Waals surface area contributed by atoms with Crippen LogP contribution < -0.4 is 10.1 Å². The van der Waals surface area contributed by atoms with Crippen LogP contribution in [0.15, 0.2) is 24.5 Å². The van der Waals surface area contributed by atoms with Crippen LogP contribution in [0.5, 0.6) is 5.75 Å². The van der Waals surface area contributed by atoms with Crippen molar-refractivity contribution in [1.29, 1.82) is 0 Å². The van der Waals surface area contributed by atoms with Crippen molar-refractivity contribution in [3.63, 3.8) is 0 Å². The summed E-state index contributed by atoms with van der Waals surface area (Å²) in [5.41, 5.74) is 0.814. The summed E-state index contributed by atoms with van der Waals surface area (Å²) in [5, 5.41) is 4.26. The first-order chi connectivity index (χ1) is 7.27. The fourth-order valence-electron chi connectivity index (χ4n) is 1.83. The van der Waals surface area contributed by atoms with Gasteiger partial charge in [-0.15, -0.1) is 0 Å². The third kappa shape index (κ3) is 1.37. The summed E-state index contributed by atoms with van der Waals surface area (Å²) < 4.78 is 5.96. The van der Waals surface area contributed by atoms with Gasteiger partial charge in [-0.3, -0.25) is 0 Å². The molecule has 15 heavy (non-hydrogen) atoms. The van der Waals surface area contributed by atoms with Crippen LogP contribution in [-0.2, 0) is 0 Å². The van der Waals surface area contributed by atoms with Gasteiger partial charge in [0.2, 0.25) is 0 Å². The van der Waals surface area contributed by atoms with Crippen molar-refractivity contribution in [2.75, 3.05) is 13.1 Å². The Morgan fingerprint density at radius 3 is 3.07 bits per heavy atom. The second-order valence-corrected chi connectivity index (χ2v) is 4.21. The number of H-pyrrole nitrogens is 1. The van der Waals surface area contributed by atoms with Crippen molar-refractivity contribution >= 4 is 11.0 Å². The summed E-state index contributed by atoms with van der Waals surface area (Å²) in [7, 11) is 0. The van der Waals surface area contributed by atoms with Crippen molar-refractivity contribution in [2.24, 2.45) is 0 Å². The molecular formula is C11H13N3O. The standard InChI is InChI=1S/C11H13N3O/c1-11(6-12-7-11)15-9-5-14-10-8(9)3-2-4-13-10/h2-5,12H,6-7H2,1H3,(H,13,14). The highest BCUT2D eigenvalue weighted by molar-refractivity contribution is 5.82. The van der Waals surface area contributed by atoms with Crippen LogP contribution in [0, 0.1) is 0 Å². The lowest BCUT2D eigenvalue weighted by molar-refractivity contribution is 0.0364. The Labute approximate surface area is 87.7 Å². The quantitative estimate of drug-likeness (QED) is 0.773. The first-order valence-corrected chi connectivity index (χ1v) is 5.09. The molecule has 78 valence electrons. The Hall–Kier alpha value is -1.55. The average molecular weight is 203 g/mol. The number of fused-ring (bicyclic) bond motifs is 1. The highest BCUT2D eigenvalue weighted by atomic mass is 16.5. The molecule has 2 aromatic rings. The second-order valence-electron chi connectivity index (χ2n) is 4.21. The molecule has 4 heteroatoms. The molecule has 0 atom stereocenters. The van der Waals surface area contributed by atoms with Crippen LogP contribution in [-0.4, -0.2) is 28.7 Å². The summed E-state index contributed by atoms with van der Waals surface area (Å²) >= 11 is 0. The van der Waals surface area contributed by atoms with E-state index in [4.69, 9.17) is 4.74 Å². The monoisotopic (exact) mass is 203 g/mol. The van der Waals surface area contributed by atoms with Crippen LogP contribution in [0.25, 0.3) is 11.0 Å². The summed E-state index contributed by atoms with van der Waals surface area (Å²) in [6.07, 6.45) is 3.65. The number of aromatic nitrogens is 2. The van der Waals surface area contributed by atoms with E-state index in [2.05, 4.69) is 22.2 Å². The molecule has 4 nitrogen and oxygen atoms in total. The van der Waals surface area contributed by atoms with Crippen LogP contribution in [0.2, 0.25) is 0 Å². The van der Waals surface area contributed by atoms with Gasteiger partial charge in [0.25, 0.3) is 0 Å². The van der Waals surface area contributed by atoms with Crippen LogP contribution in [0.3, 0.4) is 0 Å². The van der Waals surface area contributed by atoms with Gasteiger partial charge < -0.3 is 15.0 Å². The molecule has 0 amide bonds. The number of aromatic amines is 1. The molecule has 3 heterocycles. The second kappa shape index (κ2) is 2.97. The van der Waals surface area contributed by atoms with E-state index in [1.165, 1.54) is 0 Å². The summed E-state index contributed by atoms with van der Waals surface area (Å²) in [6.45, 7) is 3.92. The molecular weight excluding hydrogens is 190 g/mol. The van der Waals surface area contributed by atoms with Gasteiger partial charge in [-0.1, -0.05) is 0 Å². The smallest absolute Gasteiger partial charge is 0.147 e. The lowest BCUT2D eigenvalue weighted by atomic mass is 10.00. The zero-order chi connectivity index (χ0) is 10.3. The zero-order valence-corrected chi connectivity index (χ0v) is 8.58. The van der Waals surface area contributed by atoms with E-state index in [0.717, 1.165) is 29.9 Å². The maximum absolute atomic E-state index is 5.96. The molecule has 1 saturated heterocycles. The molecule has 0 saturated carbocycles. The van der Waals surface area contributed by atoms with Gasteiger partial charge in [0.05, 0.1) is 5.39 Å². The van der Waals surface area contributed by atoms with E-state index in [-0.39, 0.29) is 5.60 Å². The van der Waals surface area contributed by atoms with Crippen LogP contribution in [0.4, 0.5) is 0 Å². The van der Waals surface area contributed by atoms with Gasteiger partial charge in [0, 0.05) is 25.5 Å². The van der Waals surface area contributed by atoms with Gasteiger partial charge in [-0.25, -0.2) is 4.98 Å². The van der Waals surface area contributed by atoms with E-state index < -0.39 is 0 Å². The minimum atomic E-state index is -0.0645. The van der Waals surface area contributed by atoms with Gasteiger partial charge >= 0.3 is 0 Å². The maximum Gasteiger partial charge on any atom is 0.147 e. The van der Waals surface area contributed by atoms with Gasteiger partial charge in [0.1, 0.15) is 17.0 Å². The Bertz CT molecular complexity index is 487. The van der Waals surface area contributed by atoms with E-state index >= 15 is 0 Å². The average Bonchev–Trinajstić information content (AvgIpc) is 2.60.